The number of nitrogens with one attached hydrogen (secondary N) is 2. The van der Waals surface area contributed by atoms with Gasteiger partial charge in [0, 0.05) is 17.2 Å². The third kappa shape index (κ3) is 5.23. The number of anilines is 2. The Labute approximate surface area is 159 Å². The van der Waals surface area contributed by atoms with Crippen molar-refractivity contribution in [2.24, 2.45) is 5.92 Å². The van der Waals surface area contributed by atoms with Crippen LogP contribution in [0.2, 0.25) is 0 Å². The highest BCUT2D eigenvalue weighted by atomic mass is 16.5. The van der Waals surface area contributed by atoms with Gasteiger partial charge in [-0.3, -0.25) is 9.59 Å². The lowest BCUT2D eigenvalue weighted by Crippen LogP contribution is -2.21. The summed E-state index contributed by atoms with van der Waals surface area (Å²) in [6.07, 6.45) is 1.55. The fourth-order valence-electron chi connectivity index (χ4n) is 2.72. The van der Waals surface area contributed by atoms with Crippen molar-refractivity contribution >= 4 is 23.2 Å². The SMILES string of the molecule is CCC(CC)C(=O)Nc1ccc(OC)c(NC(=O)c2ccc(OC)cc2)c1. The molecule has 2 amide bonds. The molecule has 0 aliphatic carbocycles. The Morgan fingerprint density at radius 3 is 2.15 bits per heavy atom. The van der Waals surface area contributed by atoms with Gasteiger partial charge < -0.3 is 20.1 Å². The molecule has 0 atom stereocenters. The summed E-state index contributed by atoms with van der Waals surface area (Å²) in [7, 11) is 3.10. The van der Waals surface area contributed by atoms with Crippen LogP contribution in [0.4, 0.5) is 11.4 Å². The maximum Gasteiger partial charge on any atom is 0.255 e. The van der Waals surface area contributed by atoms with Crippen LogP contribution < -0.4 is 20.1 Å². The van der Waals surface area contributed by atoms with E-state index in [9.17, 15) is 9.59 Å². The normalized spacial score (nSPS) is 10.4. The van der Waals surface area contributed by atoms with Crippen molar-refractivity contribution < 1.29 is 19.1 Å². The first-order valence-corrected chi connectivity index (χ1v) is 8.96. The first-order chi connectivity index (χ1) is 13.0. The number of carbonyl (C=O) groups is 2. The van der Waals surface area contributed by atoms with Crippen molar-refractivity contribution in [2.75, 3.05) is 24.9 Å². The Kier molecular flexibility index (Phi) is 7.23. The number of ether oxygens (including phenoxy) is 2. The molecule has 0 heterocycles. The van der Waals surface area contributed by atoms with Crippen LogP contribution in [0.15, 0.2) is 42.5 Å². The van der Waals surface area contributed by atoms with Crippen molar-refractivity contribution in [1.82, 2.24) is 0 Å². The van der Waals surface area contributed by atoms with Crippen LogP contribution in [0.5, 0.6) is 11.5 Å². The van der Waals surface area contributed by atoms with E-state index in [0.717, 1.165) is 12.8 Å². The second-order valence-electron chi connectivity index (χ2n) is 6.10. The molecule has 2 aromatic rings. The van der Waals surface area contributed by atoms with Gasteiger partial charge in [0.1, 0.15) is 11.5 Å². The van der Waals surface area contributed by atoms with Gasteiger partial charge in [-0.25, -0.2) is 0 Å². The average molecular weight is 370 g/mol. The van der Waals surface area contributed by atoms with Crippen LogP contribution in [-0.2, 0) is 4.79 Å². The molecule has 0 unspecified atom stereocenters. The largest absolute Gasteiger partial charge is 0.497 e. The van der Waals surface area contributed by atoms with Crippen molar-refractivity contribution in [3.8, 4) is 11.5 Å². The highest BCUT2D eigenvalue weighted by Crippen LogP contribution is 2.29. The summed E-state index contributed by atoms with van der Waals surface area (Å²) >= 11 is 0. The molecular formula is C21H26N2O4. The third-order valence-corrected chi connectivity index (χ3v) is 4.42. The molecule has 0 fully saturated rings. The molecule has 2 aromatic carbocycles. The summed E-state index contributed by atoms with van der Waals surface area (Å²) in [5.74, 6) is 0.842. The molecule has 6 heteroatoms. The average Bonchev–Trinajstić information content (AvgIpc) is 2.69. The minimum absolute atomic E-state index is 0.0300. The smallest absolute Gasteiger partial charge is 0.255 e. The van der Waals surface area contributed by atoms with E-state index in [2.05, 4.69) is 10.6 Å². The molecular weight excluding hydrogens is 344 g/mol. The molecule has 0 aliphatic heterocycles. The third-order valence-electron chi connectivity index (χ3n) is 4.42. The maximum absolute atomic E-state index is 12.5. The molecule has 144 valence electrons. The summed E-state index contributed by atoms with van der Waals surface area (Å²) < 4.78 is 10.4. The topological polar surface area (TPSA) is 76.7 Å². The summed E-state index contributed by atoms with van der Waals surface area (Å²) in [5, 5.41) is 5.73. The fraction of sp³-hybridized carbons (Fsp3) is 0.333. The Hall–Kier alpha value is -3.02. The molecule has 0 saturated carbocycles. The zero-order valence-electron chi connectivity index (χ0n) is 16.2. The maximum atomic E-state index is 12.5. The van der Waals surface area contributed by atoms with Crippen molar-refractivity contribution in [3.05, 3.63) is 48.0 Å². The number of hydrogen-bond donors (Lipinski definition) is 2. The Morgan fingerprint density at radius 1 is 0.926 bits per heavy atom. The van der Waals surface area contributed by atoms with E-state index in [4.69, 9.17) is 9.47 Å². The van der Waals surface area contributed by atoms with Crippen LogP contribution in [0.1, 0.15) is 37.0 Å². The first kappa shape index (κ1) is 20.3. The van der Waals surface area contributed by atoms with Gasteiger partial charge in [0.2, 0.25) is 5.91 Å². The number of methoxy groups -OCH3 is 2. The predicted molar refractivity (Wildman–Crippen MR) is 107 cm³/mol. The van der Waals surface area contributed by atoms with Gasteiger partial charge >= 0.3 is 0 Å². The van der Waals surface area contributed by atoms with Crippen LogP contribution >= 0.6 is 0 Å². The molecule has 0 radical (unpaired) electrons. The van der Waals surface area contributed by atoms with E-state index < -0.39 is 0 Å². The van der Waals surface area contributed by atoms with Gasteiger partial charge in [0.05, 0.1) is 19.9 Å². The van der Waals surface area contributed by atoms with E-state index in [1.54, 1.807) is 49.6 Å². The van der Waals surface area contributed by atoms with E-state index in [-0.39, 0.29) is 17.7 Å². The van der Waals surface area contributed by atoms with Gasteiger partial charge in [-0.15, -0.1) is 0 Å². The fourth-order valence-corrected chi connectivity index (χ4v) is 2.72. The molecule has 0 bridgehead atoms. The van der Waals surface area contributed by atoms with Crippen LogP contribution in [0.25, 0.3) is 0 Å². The van der Waals surface area contributed by atoms with Gasteiger partial charge in [-0.2, -0.15) is 0 Å². The van der Waals surface area contributed by atoms with E-state index in [1.807, 2.05) is 13.8 Å². The lowest BCUT2D eigenvalue weighted by molar-refractivity contribution is -0.120. The number of benzene rings is 2. The van der Waals surface area contributed by atoms with E-state index in [0.29, 0.717) is 28.4 Å². The minimum atomic E-state index is -0.278. The molecule has 27 heavy (non-hydrogen) atoms. The standard InChI is InChI=1S/C21H26N2O4/c1-5-14(6-2)20(24)22-16-9-12-19(27-4)18(13-16)23-21(25)15-7-10-17(26-3)11-8-15/h7-14H,5-6H2,1-4H3,(H,22,24)(H,23,25). The molecule has 2 rings (SSSR count). The van der Waals surface area contributed by atoms with Crippen molar-refractivity contribution in [2.45, 2.75) is 26.7 Å². The van der Waals surface area contributed by atoms with Crippen molar-refractivity contribution in [3.63, 3.8) is 0 Å². The number of carbonyl (C=O) groups excluding carboxylic acids is 2. The van der Waals surface area contributed by atoms with Gasteiger partial charge in [-0.05, 0) is 55.3 Å². The summed E-state index contributed by atoms with van der Waals surface area (Å²) in [6.45, 7) is 3.98. The first-order valence-electron chi connectivity index (χ1n) is 8.96. The van der Waals surface area contributed by atoms with Crippen molar-refractivity contribution in [1.29, 1.82) is 0 Å². The molecule has 2 N–H and O–H groups in total. The number of hydrogen-bond acceptors (Lipinski definition) is 4. The lowest BCUT2D eigenvalue weighted by atomic mass is 10.0. The highest BCUT2D eigenvalue weighted by Gasteiger charge is 2.16. The molecule has 0 spiro atoms. The second kappa shape index (κ2) is 9.62. The molecule has 0 aliphatic rings. The van der Waals surface area contributed by atoms with Crippen LogP contribution in [-0.4, -0.2) is 26.0 Å². The highest BCUT2D eigenvalue weighted by molar-refractivity contribution is 6.05. The minimum Gasteiger partial charge on any atom is -0.497 e. The predicted octanol–water partition coefficient (Wildman–Crippen LogP) is 4.33. The second-order valence-corrected chi connectivity index (χ2v) is 6.10. The quantitative estimate of drug-likeness (QED) is 0.725. The van der Waals surface area contributed by atoms with Gasteiger partial charge in [-0.1, -0.05) is 13.8 Å². The van der Waals surface area contributed by atoms with Crippen LogP contribution in [0.3, 0.4) is 0 Å². The number of amides is 2. The Morgan fingerprint density at radius 2 is 1.59 bits per heavy atom. The van der Waals surface area contributed by atoms with Crippen LogP contribution in [0, 0.1) is 5.92 Å². The zero-order valence-corrected chi connectivity index (χ0v) is 16.2. The Bertz CT molecular complexity index is 783. The Balaban J connectivity index is 2.18. The zero-order chi connectivity index (χ0) is 19.8. The monoisotopic (exact) mass is 370 g/mol. The molecule has 0 saturated heterocycles. The van der Waals surface area contributed by atoms with Gasteiger partial charge in [0.25, 0.3) is 5.91 Å². The van der Waals surface area contributed by atoms with E-state index in [1.165, 1.54) is 7.11 Å². The molecule has 6 nitrogen and oxygen atoms in total. The lowest BCUT2D eigenvalue weighted by Gasteiger charge is -2.15. The summed E-state index contributed by atoms with van der Waals surface area (Å²) in [4.78, 5) is 24.8. The summed E-state index contributed by atoms with van der Waals surface area (Å²) in [5.41, 5.74) is 1.59. The van der Waals surface area contributed by atoms with Gasteiger partial charge in [0.15, 0.2) is 0 Å². The molecule has 0 aromatic heterocycles. The summed E-state index contributed by atoms with van der Waals surface area (Å²) in [6, 6.07) is 12.0. The van der Waals surface area contributed by atoms with E-state index >= 15 is 0 Å². The number of rotatable bonds is 8.